The van der Waals surface area contributed by atoms with Crippen molar-refractivity contribution in [3.05, 3.63) is 60.2 Å². The zero-order chi connectivity index (χ0) is 13.5. The van der Waals surface area contributed by atoms with Gasteiger partial charge < -0.3 is 4.74 Å². The summed E-state index contributed by atoms with van der Waals surface area (Å²) in [6.07, 6.45) is 3.65. The Morgan fingerprint density at radius 1 is 0.895 bits per heavy atom. The fourth-order valence-electron chi connectivity index (χ4n) is 2.10. The van der Waals surface area contributed by atoms with Crippen molar-refractivity contribution >= 4 is 0 Å². The molecule has 0 N–H and O–H groups in total. The SMILES string of the molecule is CC(C)CCCc1cccc(Oc2ccccc2)c1. The van der Waals surface area contributed by atoms with Crippen molar-refractivity contribution in [1.82, 2.24) is 0 Å². The van der Waals surface area contributed by atoms with E-state index in [2.05, 4.69) is 32.0 Å². The second-order valence-corrected chi connectivity index (χ2v) is 5.35. The van der Waals surface area contributed by atoms with Crippen LogP contribution in [0.15, 0.2) is 54.6 Å². The van der Waals surface area contributed by atoms with Crippen LogP contribution in [-0.4, -0.2) is 0 Å². The standard InChI is InChI=1S/C18H22O/c1-15(2)8-6-9-16-10-7-13-18(14-16)19-17-11-4-3-5-12-17/h3-5,7,10-15H,6,8-9H2,1-2H3. The molecule has 0 fully saturated rings. The van der Waals surface area contributed by atoms with Crippen LogP contribution in [0.4, 0.5) is 0 Å². The molecule has 2 aromatic carbocycles. The van der Waals surface area contributed by atoms with Crippen molar-refractivity contribution < 1.29 is 4.74 Å². The smallest absolute Gasteiger partial charge is 0.127 e. The monoisotopic (exact) mass is 254 g/mol. The van der Waals surface area contributed by atoms with Gasteiger partial charge in [-0.05, 0) is 48.6 Å². The van der Waals surface area contributed by atoms with Crippen molar-refractivity contribution in [2.24, 2.45) is 5.92 Å². The average Bonchev–Trinajstić information content (AvgIpc) is 2.40. The number of aryl methyl sites for hydroxylation is 1. The summed E-state index contributed by atoms with van der Waals surface area (Å²) < 4.78 is 5.85. The van der Waals surface area contributed by atoms with Gasteiger partial charge >= 0.3 is 0 Å². The van der Waals surface area contributed by atoms with Crippen LogP contribution in [-0.2, 0) is 6.42 Å². The number of rotatable bonds is 6. The summed E-state index contributed by atoms with van der Waals surface area (Å²) in [6.45, 7) is 4.55. The molecule has 0 aliphatic heterocycles. The second-order valence-electron chi connectivity index (χ2n) is 5.35. The molecule has 0 bridgehead atoms. The number of benzene rings is 2. The van der Waals surface area contributed by atoms with E-state index in [0.29, 0.717) is 0 Å². The van der Waals surface area contributed by atoms with Gasteiger partial charge in [-0.1, -0.05) is 50.6 Å². The predicted molar refractivity (Wildman–Crippen MR) is 80.7 cm³/mol. The first-order chi connectivity index (χ1) is 9.24. The Hall–Kier alpha value is -1.76. The molecule has 0 heterocycles. The number of hydrogen-bond donors (Lipinski definition) is 0. The highest BCUT2D eigenvalue weighted by Crippen LogP contribution is 2.22. The van der Waals surface area contributed by atoms with Crippen LogP contribution >= 0.6 is 0 Å². The van der Waals surface area contributed by atoms with Crippen molar-refractivity contribution in [2.45, 2.75) is 33.1 Å². The summed E-state index contributed by atoms with van der Waals surface area (Å²) in [7, 11) is 0. The van der Waals surface area contributed by atoms with E-state index in [4.69, 9.17) is 4.74 Å². The summed E-state index contributed by atoms with van der Waals surface area (Å²) in [5.74, 6) is 2.60. The highest BCUT2D eigenvalue weighted by Gasteiger charge is 2.00. The van der Waals surface area contributed by atoms with E-state index in [1.807, 2.05) is 36.4 Å². The minimum absolute atomic E-state index is 0.781. The van der Waals surface area contributed by atoms with Crippen molar-refractivity contribution in [3.8, 4) is 11.5 Å². The molecule has 0 saturated heterocycles. The van der Waals surface area contributed by atoms with Crippen LogP contribution in [0.25, 0.3) is 0 Å². The lowest BCUT2D eigenvalue weighted by molar-refractivity contribution is 0.481. The molecule has 0 unspecified atom stereocenters. The number of hydrogen-bond acceptors (Lipinski definition) is 1. The normalized spacial score (nSPS) is 10.7. The lowest BCUT2D eigenvalue weighted by atomic mass is 10.0. The van der Waals surface area contributed by atoms with Crippen molar-refractivity contribution in [2.75, 3.05) is 0 Å². The Balaban J connectivity index is 1.95. The Morgan fingerprint density at radius 3 is 2.37 bits per heavy atom. The number of ether oxygens (including phenoxy) is 1. The second kappa shape index (κ2) is 6.98. The average molecular weight is 254 g/mol. The third-order valence-electron chi connectivity index (χ3n) is 3.12. The van der Waals surface area contributed by atoms with Gasteiger partial charge in [-0.2, -0.15) is 0 Å². The molecule has 0 spiro atoms. The molecular weight excluding hydrogens is 232 g/mol. The Labute approximate surface area is 116 Å². The van der Waals surface area contributed by atoms with Crippen molar-refractivity contribution in [3.63, 3.8) is 0 Å². The van der Waals surface area contributed by atoms with Crippen LogP contribution in [0.1, 0.15) is 32.3 Å². The first-order valence-electron chi connectivity index (χ1n) is 7.06. The molecule has 0 radical (unpaired) electrons. The van der Waals surface area contributed by atoms with Crippen LogP contribution in [0.2, 0.25) is 0 Å². The van der Waals surface area contributed by atoms with Gasteiger partial charge in [-0.3, -0.25) is 0 Å². The van der Waals surface area contributed by atoms with Crippen LogP contribution in [0.3, 0.4) is 0 Å². The Kier molecular flexibility index (Phi) is 5.02. The van der Waals surface area contributed by atoms with E-state index in [9.17, 15) is 0 Å². The summed E-state index contributed by atoms with van der Waals surface area (Å²) >= 11 is 0. The zero-order valence-corrected chi connectivity index (χ0v) is 11.8. The van der Waals surface area contributed by atoms with Gasteiger partial charge in [-0.15, -0.1) is 0 Å². The molecule has 0 atom stereocenters. The van der Waals surface area contributed by atoms with E-state index < -0.39 is 0 Å². The molecule has 1 nitrogen and oxygen atoms in total. The summed E-state index contributed by atoms with van der Waals surface area (Å²) in [5, 5.41) is 0. The van der Waals surface area contributed by atoms with E-state index in [1.165, 1.54) is 18.4 Å². The summed E-state index contributed by atoms with van der Waals surface area (Å²) in [6, 6.07) is 18.3. The van der Waals surface area contributed by atoms with Crippen LogP contribution < -0.4 is 4.74 Å². The van der Waals surface area contributed by atoms with E-state index in [-0.39, 0.29) is 0 Å². The summed E-state index contributed by atoms with van der Waals surface area (Å²) in [5.41, 5.74) is 1.36. The lowest BCUT2D eigenvalue weighted by Crippen LogP contribution is -1.91. The van der Waals surface area contributed by atoms with Gasteiger partial charge in [-0.25, -0.2) is 0 Å². The Morgan fingerprint density at radius 2 is 1.63 bits per heavy atom. The molecule has 19 heavy (non-hydrogen) atoms. The molecule has 0 aliphatic carbocycles. The Bertz CT molecular complexity index is 488. The molecule has 1 heteroatoms. The molecule has 0 saturated carbocycles. The first-order valence-corrected chi connectivity index (χ1v) is 7.06. The van der Waals surface area contributed by atoms with Crippen LogP contribution in [0.5, 0.6) is 11.5 Å². The maximum Gasteiger partial charge on any atom is 0.127 e. The molecule has 0 aliphatic rings. The fourth-order valence-corrected chi connectivity index (χ4v) is 2.10. The van der Waals surface area contributed by atoms with Gasteiger partial charge in [0.05, 0.1) is 0 Å². The molecule has 2 aromatic rings. The minimum Gasteiger partial charge on any atom is -0.457 e. The molecule has 100 valence electrons. The highest BCUT2D eigenvalue weighted by molar-refractivity contribution is 5.33. The van der Waals surface area contributed by atoms with Gasteiger partial charge in [0.15, 0.2) is 0 Å². The highest BCUT2D eigenvalue weighted by atomic mass is 16.5. The largest absolute Gasteiger partial charge is 0.457 e. The topological polar surface area (TPSA) is 9.23 Å². The maximum absolute atomic E-state index is 5.85. The van der Waals surface area contributed by atoms with Crippen LogP contribution in [0, 0.1) is 5.92 Å². The van der Waals surface area contributed by atoms with E-state index in [0.717, 1.165) is 23.8 Å². The van der Waals surface area contributed by atoms with E-state index in [1.54, 1.807) is 0 Å². The van der Waals surface area contributed by atoms with Gasteiger partial charge in [0.1, 0.15) is 11.5 Å². The predicted octanol–water partition coefficient (Wildman–Crippen LogP) is 5.46. The minimum atomic E-state index is 0.781. The third-order valence-corrected chi connectivity index (χ3v) is 3.12. The number of para-hydroxylation sites is 1. The lowest BCUT2D eigenvalue weighted by Gasteiger charge is -2.08. The van der Waals surface area contributed by atoms with E-state index >= 15 is 0 Å². The van der Waals surface area contributed by atoms with Gasteiger partial charge in [0.2, 0.25) is 0 Å². The maximum atomic E-state index is 5.85. The summed E-state index contributed by atoms with van der Waals surface area (Å²) in [4.78, 5) is 0. The fraction of sp³-hybridized carbons (Fsp3) is 0.333. The first kappa shape index (κ1) is 13.7. The molecule has 0 aromatic heterocycles. The molecule has 2 rings (SSSR count). The molecule has 0 amide bonds. The van der Waals surface area contributed by atoms with Crippen molar-refractivity contribution in [1.29, 1.82) is 0 Å². The van der Waals surface area contributed by atoms with Gasteiger partial charge in [0.25, 0.3) is 0 Å². The molecular formula is C18H22O. The third kappa shape index (κ3) is 4.78. The van der Waals surface area contributed by atoms with Gasteiger partial charge in [0, 0.05) is 0 Å². The quantitative estimate of drug-likeness (QED) is 0.665. The zero-order valence-electron chi connectivity index (χ0n) is 11.8.